The van der Waals surface area contributed by atoms with E-state index in [-0.39, 0.29) is 11.5 Å². The fourth-order valence-corrected chi connectivity index (χ4v) is 3.27. The van der Waals surface area contributed by atoms with Gasteiger partial charge in [-0.15, -0.1) is 0 Å². The first-order valence-corrected chi connectivity index (χ1v) is 8.73. The van der Waals surface area contributed by atoms with Crippen LogP contribution in [0.3, 0.4) is 0 Å². The van der Waals surface area contributed by atoms with Gasteiger partial charge in [0.1, 0.15) is 5.56 Å². The second kappa shape index (κ2) is 7.15. The number of amides is 1. The molecule has 1 amide bonds. The van der Waals surface area contributed by atoms with Crippen LogP contribution in [0, 0.1) is 12.8 Å². The number of aromatic nitrogens is 1. The van der Waals surface area contributed by atoms with Gasteiger partial charge in [0.15, 0.2) is 0 Å². The average molecular weight is 354 g/mol. The summed E-state index contributed by atoms with van der Waals surface area (Å²) in [5.41, 5.74) is 0.534. The Morgan fingerprint density at radius 1 is 1.15 bits per heavy atom. The molecule has 1 fully saturated rings. The van der Waals surface area contributed by atoms with Crippen molar-refractivity contribution in [2.45, 2.75) is 26.7 Å². The van der Waals surface area contributed by atoms with Crippen molar-refractivity contribution in [2.75, 3.05) is 13.1 Å². The minimum Gasteiger partial charge on any atom is -0.477 e. The van der Waals surface area contributed by atoms with Crippen LogP contribution in [0.1, 0.15) is 46.0 Å². The van der Waals surface area contributed by atoms with E-state index in [9.17, 15) is 19.5 Å². The van der Waals surface area contributed by atoms with Crippen molar-refractivity contribution in [3.05, 3.63) is 63.6 Å². The summed E-state index contributed by atoms with van der Waals surface area (Å²) in [7, 11) is 0. The Kier molecular flexibility index (Phi) is 4.93. The van der Waals surface area contributed by atoms with Crippen LogP contribution in [0.5, 0.6) is 0 Å². The van der Waals surface area contributed by atoms with Gasteiger partial charge in [-0.25, -0.2) is 4.79 Å². The lowest BCUT2D eigenvalue weighted by Crippen LogP contribution is -2.38. The van der Waals surface area contributed by atoms with Gasteiger partial charge in [0.25, 0.3) is 11.5 Å². The number of pyridine rings is 1. The molecule has 0 bridgehead atoms. The number of carbonyl (C=O) groups is 2. The van der Waals surface area contributed by atoms with E-state index in [0.717, 1.165) is 25.9 Å². The van der Waals surface area contributed by atoms with Crippen LogP contribution in [-0.2, 0) is 0 Å². The van der Waals surface area contributed by atoms with E-state index in [1.54, 1.807) is 37.3 Å². The van der Waals surface area contributed by atoms with E-state index in [4.69, 9.17) is 0 Å². The highest BCUT2D eigenvalue weighted by Gasteiger charge is 2.22. The van der Waals surface area contributed by atoms with E-state index >= 15 is 0 Å². The number of piperidine rings is 1. The number of likely N-dealkylation sites (tertiary alicyclic amines) is 1. The maximum atomic E-state index is 12.7. The standard InChI is InChI=1S/C20H22N2O4/c1-13-6-9-21(10-7-13)18(23)15-4-3-5-16(12-15)22-11-8-14(2)17(19(22)24)20(25)26/h3-5,8,11-13H,6-7,9-10H2,1-2H3,(H,25,26). The van der Waals surface area contributed by atoms with Gasteiger partial charge in [-0.05, 0) is 55.5 Å². The number of carboxylic acid groups (broad SMARTS) is 1. The van der Waals surface area contributed by atoms with Crippen molar-refractivity contribution in [3.8, 4) is 5.69 Å². The molecule has 0 radical (unpaired) electrons. The Hall–Kier alpha value is -2.89. The maximum Gasteiger partial charge on any atom is 0.341 e. The van der Waals surface area contributed by atoms with Crippen LogP contribution < -0.4 is 5.56 Å². The molecule has 0 saturated carbocycles. The lowest BCUT2D eigenvalue weighted by molar-refractivity contribution is 0.0685. The lowest BCUT2D eigenvalue weighted by atomic mass is 9.98. The highest BCUT2D eigenvalue weighted by molar-refractivity contribution is 5.95. The van der Waals surface area contributed by atoms with Gasteiger partial charge < -0.3 is 10.0 Å². The minimum atomic E-state index is -1.25. The van der Waals surface area contributed by atoms with E-state index in [0.29, 0.717) is 22.7 Å². The fourth-order valence-electron chi connectivity index (χ4n) is 3.27. The topological polar surface area (TPSA) is 79.6 Å². The molecule has 6 heteroatoms. The van der Waals surface area contributed by atoms with Crippen LogP contribution >= 0.6 is 0 Å². The molecule has 3 rings (SSSR count). The van der Waals surface area contributed by atoms with Gasteiger partial charge in [0.05, 0.1) is 0 Å². The Morgan fingerprint density at radius 2 is 1.85 bits per heavy atom. The smallest absolute Gasteiger partial charge is 0.341 e. The molecule has 0 aliphatic carbocycles. The maximum absolute atomic E-state index is 12.7. The van der Waals surface area contributed by atoms with Crippen molar-refractivity contribution in [2.24, 2.45) is 5.92 Å². The number of aryl methyl sites for hydroxylation is 1. The minimum absolute atomic E-state index is 0.0580. The van der Waals surface area contributed by atoms with Gasteiger partial charge in [0.2, 0.25) is 0 Å². The summed E-state index contributed by atoms with van der Waals surface area (Å²) in [6.07, 6.45) is 3.52. The number of hydrogen-bond acceptors (Lipinski definition) is 3. The second-order valence-electron chi connectivity index (χ2n) is 6.88. The third-order valence-corrected chi connectivity index (χ3v) is 4.96. The summed E-state index contributed by atoms with van der Waals surface area (Å²) in [6.45, 7) is 5.24. The van der Waals surface area contributed by atoms with Gasteiger partial charge in [-0.3, -0.25) is 14.2 Å². The molecule has 1 aliphatic heterocycles. The molecule has 1 aliphatic rings. The fraction of sp³-hybridized carbons (Fsp3) is 0.350. The molecule has 1 aromatic carbocycles. The Balaban J connectivity index is 1.96. The van der Waals surface area contributed by atoms with E-state index in [2.05, 4.69) is 6.92 Å². The molecule has 6 nitrogen and oxygen atoms in total. The highest BCUT2D eigenvalue weighted by Crippen LogP contribution is 2.19. The van der Waals surface area contributed by atoms with Crippen molar-refractivity contribution >= 4 is 11.9 Å². The van der Waals surface area contributed by atoms with Crippen LogP contribution in [0.4, 0.5) is 0 Å². The average Bonchev–Trinajstić information content (AvgIpc) is 2.61. The molecule has 1 N–H and O–H groups in total. The third-order valence-electron chi connectivity index (χ3n) is 4.96. The molecule has 1 aromatic heterocycles. The predicted molar refractivity (Wildman–Crippen MR) is 98.0 cm³/mol. The molecule has 0 spiro atoms. The second-order valence-corrected chi connectivity index (χ2v) is 6.88. The molecule has 2 aromatic rings. The van der Waals surface area contributed by atoms with Crippen LogP contribution in [0.25, 0.3) is 5.69 Å². The monoisotopic (exact) mass is 354 g/mol. The molecule has 1 saturated heterocycles. The molecule has 2 heterocycles. The van der Waals surface area contributed by atoms with Crippen LogP contribution in [-0.4, -0.2) is 39.5 Å². The lowest BCUT2D eigenvalue weighted by Gasteiger charge is -2.30. The van der Waals surface area contributed by atoms with Crippen molar-refractivity contribution in [1.82, 2.24) is 9.47 Å². The quantitative estimate of drug-likeness (QED) is 0.919. The normalized spacial score (nSPS) is 15.1. The Morgan fingerprint density at radius 3 is 2.50 bits per heavy atom. The summed E-state index contributed by atoms with van der Waals surface area (Å²) < 4.78 is 1.27. The first-order chi connectivity index (χ1) is 12.4. The molecule has 136 valence electrons. The van der Waals surface area contributed by atoms with Crippen molar-refractivity contribution < 1.29 is 14.7 Å². The van der Waals surface area contributed by atoms with Gasteiger partial charge >= 0.3 is 5.97 Å². The van der Waals surface area contributed by atoms with E-state index < -0.39 is 11.5 Å². The largest absolute Gasteiger partial charge is 0.477 e. The van der Waals surface area contributed by atoms with E-state index in [1.807, 2.05) is 4.90 Å². The van der Waals surface area contributed by atoms with Gasteiger partial charge in [-0.1, -0.05) is 13.0 Å². The Labute approximate surface area is 151 Å². The summed E-state index contributed by atoms with van der Waals surface area (Å²) in [5, 5.41) is 9.28. The van der Waals surface area contributed by atoms with Crippen molar-refractivity contribution in [1.29, 1.82) is 0 Å². The number of carbonyl (C=O) groups excluding carboxylic acids is 1. The van der Waals surface area contributed by atoms with Crippen molar-refractivity contribution in [3.63, 3.8) is 0 Å². The predicted octanol–water partition coefficient (Wildman–Crippen LogP) is 2.72. The number of hydrogen-bond donors (Lipinski definition) is 1. The SMILES string of the molecule is Cc1ccn(-c2cccc(C(=O)N3CCC(C)CC3)c2)c(=O)c1C(=O)O. The van der Waals surface area contributed by atoms with Gasteiger partial charge in [0, 0.05) is 30.5 Å². The first-order valence-electron chi connectivity index (χ1n) is 8.73. The number of nitrogens with zero attached hydrogens (tertiary/aromatic N) is 2. The zero-order valence-corrected chi connectivity index (χ0v) is 14.9. The summed E-state index contributed by atoms with van der Waals surface area (Å²) in [5.74, 6) is -0.681. The van der Waals surface area contributed by atoms with Crippen LogP contribution in [0.15, 0.2) is 41.3 Å². The van der Waals surface area contributed by atoms with Crippen LogP contribution in [0.2, 0.25) is 0 Å². The molecule has 0 atom stereocenters. The zero-order chi connectivity index (χ0) is 18.8. The number of rotatable bonds is 3. The molecular weight excluding hydrogens is 332 g/mol. The molecule has 0 unspecified atom stereocenters. The summed E-state index contributed by atoms with van der Waals surface area (Å²) >= 11 is 0. The molecule has 26 heavy (non-hydrogen) atoms. The Bertz CT molecular complexity index is 908. The van der Waals surface area contributed by atoms with E-state index in [1.165, 1.54) is 10.8 Å². The van der Waals surface area contributed by atoms with Gasteiger partial charge in [-0.2, -0.15) is 0 Å². The third kappa shape index (κ3) is 3.40. The number of aromatic carboxylic acids is 1. The first kappa shape index (κ1) is 17.9. The highest BCUT2D eigenvalue weighted by atomic mass is 16.4. The molecular formula is C20H22N2O4. The summed E-state index contributed by atoms with van der Waals surface area (Å²) in [6, 6.07) is 8.36. The summed E-state index contributed by atoms with van der Waals surface area (Å²) in [4.78, 5) is 38.5. The number of benzene rings is 1. The number of carboxylic acids is 1. The zero-order valence-electron chi connectivity index (χ0n) is 14.9.